The molecule has 3 heterocycles. The van der Waals surface area contributed by atoms with Gasteiger partial charge in [0.1, 0.15) is 18.5 Å². The number of halogens is 1. The van der Waals surface area contributed by atoms with E-state index in [1.807, 2.05) is 0 Å². The minimum atomic E-state index is -0.895. The first-order chi connectivity index (χ1) is 20.3. The third kappa shape index (κ3) is 7.45. The van der Waals surface area contributed by atoms with E-state index >= 15 is 0 Å². The van der Waals surface area contributed by atoms with Crippen LogP contribution in [0.4, 0.5) is 4.39 Å². The van der Waals surface area contributed by atoms with E-state index < -0.39 is 17.4 Å². The number of carbonyl (C=O) groups is 4. The molecule has 4 amide bonds. The van der Waals surface area contributed by atoms with Crippen LogP contribution in [0.2, 0.25) is 0 Å². The normalized spacial score (nSPS) is 25.6. The number of rotatable bonds is 2. The van der Waals surface area contributed by atoms with Gasteiger partial charge in [-0.3, -0.25) is 24.1 Å². The summed E-state index contributed by atoms with van der Waals surface area (Å²) in [5, 5.41) is 6.01. The summed E-state index contributed by atoms with van der Waals surface area (Å²) in [6.45, 7) is 3.23. The molecule has 2 N–H and O–H groups in total. The Morgan fingerprint density at radius 1 is 0.929 bits per heavy atom. The van der Waals surface area contributed by atoms with Crippen LogP contribution in [-0.4, -0.2) is 122 Å². The van der Waals surface area contributed by atoms with Gasteiger partial charge in [0, 0.05) is 50.9 Å². The molecule has 4 aliphatic rings. The fourth-order valence-corrected chi connectivity index (χ4v) is 6.66. The predicted molar refractivity (Wildman–Crippen MR) is 151 cm³/mol. The molecule has 3 aliphatic heterocycles. The van der Waals surface area contributed by atoms with Gasteiger partial charge in [-0.05, 0) is 49.9 Å². The average Bonchev–Trinajstić information content (AvgIpc) is 3.53. The number of nitrogens with one attached hydrogen (secondary N) is 2. The Kier molecular flexibility index (Phi) is 10.1. The number of ether oxygens (including phenoxy) is 2. The van der Waals surface area contributed by atoms with Gasteiger partial charge in [-0.2, -0.15) is 0 Å². The Morgan fingerprint density at radius 3 is 2.38 bits per heavy atom. The highest BCUT2D eigenvalue weighted by Crippen LogP contribution is 2.30. The number of hydrogen-bond acceptors (Lipinski definition) is 7. The second-order valence-corrected chi connectivity index (χ2v) is 11.8. The summed E-state index contributed by atoms with van der Waals surface area (Å²) in [5.41, 5.74) is -0.510. The molecule has 1 aromatic rings. The lowest BCUT2D eigenvalue weighted by Crippen LogP contribution is -2.64. The second kappa shape index (κ2) is 13.9. The average molecular weight is 588 g/mol. The number of piperazine rings is 1. The Bertz CT molecular complexity index is 1120. The molecule has 4 fully saturated rings. The molecule has 0 unspecified atom stereocenters. The van der Waals surface area contributed by atoms with Gasteiger partial charge in [0.25, 0.3) is 5.91 Å². The van der Waals surface area contributed by atoms with Crippen LogP contribution in [0, 0.1) is 5.82 Å². The fourth-order valence-electron chi connectivity index (χ4n) is 6.66. The van der Waals surface area contributed by atoms with Crippen LogP contribution in [-0.2, 0) is 23.9 Å². The maximum absolute atomic E-state index is 14.0. The summed E-state index contributed by atoms with van der Waals surface area (Å²) in [5.74, 6) is -1.37. The summed E-state index contributed by atoms with van der Waals surface area (Å²) >= 11 is 0. The molecule has 1 atom stereocenters. The summed E-state index contributed by atoms with van der Waals surface area (Å²) in [7, 11) is 0. The molecular weight excluding hydrogens is 545 g/mol. The molecule has 3 saturated heterocycles. The van der Waals surface area contributed by atoms with E-state index in [0.717, 1.165) is 12.8 Å². The van der Waals surface area contributed by atoms with Crippen molar-refractivity contribution in [1.29, 1.82) is 0 Å². The number of carbonyl (C=O) groups excluding carboxylic acids is 4. The maximum atomic E-state index is 14.0. The van der Waals surface area contributed by atoms with Crippen molar-refractivity contribution in [3.05, 3.63) is 35.6 Å². The van der Waals surface area contributed by atoms with Gasteiger partial charge in [0.05, 0.1) is 31.8 Å². The smallest absolute Gasteiger partial charge is 0.253 e. The highest BCUT2D eigenvalue weighted by atomic mass is 19.1. The molecule has 1 saturated carbocycles. The van der Waals surface area contributed by atoms with Gasteiger partial charge in [0.2, 0.25) is 17.7 Å². The number of piperidine rings is 1. The zero-order valence-corrected chi connectivity index (χ0v) is 24.2. The molecule has 12 heteroatoms. The third-order valence-corrected chi connectivity index (χ3v) is 9.02. The molecule has 11 nitrogen and oxygen atoms in total. The predicted octanol–water partition coefficient (Wildman–Crippen LogP) is 0.925. The van der Waals surface area contributed by atoms with Crippen molar-refractivity contribution in [1.82, 2.24) is 25.3 Å². The number of nitrogens with zero attached hydrogens (tertiary/aromatic N) is 3. The van der Waals surface area contributed by atoms with E-state index in [9.17, 15) is 23.6 Å². The van der Waals surface area contributed by atoms with Gasteiger partial charge in [-0.1, -0.05) is 12.8 Å². The topological polar surface area (TPSA) is 121 Å². The molecule has 1 aromatic carbocycles. The number of benzene rings is 1. The van der Waals surface area contributed by atoms with Crippen LogP contribution in [0.15, 0.2) is 24.3 Å². The van der Waals surface area contributed by atoms with Crippen LogP contribution in [0.3, 0.4) is 0 Å². The Labute approximate surface area is 246 Å². The standard InChI is InChI=1S/C30H42FN5O6/c31-23-7-5-22(6-8-23)29(40)34-12-9-30(10-13-34)19-27(38)36-15-14-35(24-3-1-2-4-24)20-25(36)28(39)32-11-16-41-17-18-42-21-26(37)33-30/h5-8,24-25H,1-4,9-21H2,(H,32,39)(H,33,37)/t25-/m0/s1. The van der Waals surface area contributed by atoms with Crippen molar-refractivity contribution in [2.45, 2.75) is 62.6 Å². The summed E-state index contributed by atoms with van der Waals surface area (Å²) in [6, 6.07) is 5.23. The number of fused-ring (bicyclic) bond motifs is 1. The van der Waals surface area contributed by atoms with Gasteiger partial charge >= 0.3 is 0 Å². The summed E-state index contributed by atoms with van der Waals surface area (Å²) in [4.78, 5) is 59.1. The molecule has 0 bridgehead atoms. The number of amides is 4. The van der Waals surface area contributed by atoms with E-state index in [2.05, 4.69) is 15.5 Å². The van der Waals surface area contributed by atoms with Crippen molar-refractivity contribution in [2.24, 2.45) is 0 Å². The third-order valence-electron chi connectivity index (χ3n) is 9.02. The van der Waals surface area contributed by atoms with Crippen LogP contribution < -0.4 is 10.6 Å². The largest absolute Gasteiger partial charge is 0.377 e. The van der Waals surface area contributed by atoms with Crippen LogP contribution >= 0.6 is 0 Å². The van der Waals surface area contributed by atoms with E-state index in [-0.39, 0.29) is 49.9 Å². The van der Waals surface area contributed by atoms with E-state index in [1.54, 1.807) is 9.80 Å². The Hall–Kier alpha value is -3.09. The molecule has 0 radical (unpaired) electrons. The molecule has 230 valence electrons. The van der Waals surface area contributed by atoms with E-state index in [0.29, 0.717) is 70.3 Å². The Balaban J connectivity index is 1.32. The zero-order valence-electron chi connectivity index (χ0n) is 24.2. The Morgan fingerprint density at radius 2 is 1.64 bits per heavy atom. The van der Waals surface area contributed by atoms with Gasteiger partial charge < -0.3 is 29.9 Å². The van der Waals surface area contributed by atoms with E-state index in [4.69, 9.17) is 9.47 Å². The van der Waals surface area contributed by atoms with Gasteiger partial charge in [-0.25, -0.2) is 4.39 Å². The fraction of sp³-hybridized carbons (Fsp3) is 0.667. The van der Waals surface area contributed by atoms with Gasteiger partial charge in [0.15, 0.2) is 0 Å². The monoisotopic (exact) mass is 587 g/mol. The van der Waals surface area contributed by atoms with Crippen LogP contribution in [0.1, 0.15) is 55.3 Å². The van der Waals surface area contributed by atoms with Crippen molar-refractivity contribution in [3.63, 3.8) is 0 Å². The summed E-state index contributed by atoms with van der Waals surface area (Å²) < 4.78 is 24.4. The SMILES string of the molecule is O=C1COCCOCCNC(=O)[C@@H]2CN(C3CCCC3)CCN2C(=O)CC2(CCN(C(=O)c3ccc(F)cc3)CC2)N1. The quantitative estimate of drug-likeness (QED) is 0.528. The zero-order chi connectivity index (χ0) is 29.5. The van der Waals surface area contributed by atoms with E-state index in [1.165, 1.54) is 37.1 Å². The van der Waals surface area contributed by atoms with Crippen molar-refractivity contribution < 1.29 is 33.0 Å². The van der Waals surface area contributed by atoms with Crippen molar-refractivity contribution >= 4 is 23.6 Å². The maximum Gasteiger partial charge on any atom is 0.253 e. The first-order valence-corrected chi connectivity index (χ1v) is 15.2. The van der Waals surface area contributed by atoms with Crippen molar-refractivity contribution in [3.8, 4) is 0 Å². The first-order valence-electron chi connectivity index (χ1n) is 15.2. The highest BCUT2D eigenvalue weighted by molar-refractivity contribution is 5.94. The molecule has 1 aliphatic carbocycles. The van der Waals surface area contributed by atoms with Gasteiger partial charge in [-0.15, -0.1) is 0 Å². The second-order valence-electron chi connectivity index (χ2n) is 11.8. The minimum Gasteiger partial charge on any atom is -0.377 e. The number of likely N-dealkylation sites (tertiary alicyclic amines) is 1. The minimum absolute atomic E-state index is 0.0215. The molecule has 42 heavy (non-hydrogen) atoms. The van der Waals surface area contributed by atoms with Crippen molar-refractivity contribution in [2.75, 3.05) is 65.7 Å². The molecule has 0 aromatic heterocycles. The lowest BCUT2D eigenvalue weighted by Gasteiger charge is -2.46. The molecule has 5 rings (SSSR count). The molecular formula is C30H42FN5O6. The summed E-state index contributed by atoms with van der Waals surface area (Å²) in [6.07, 6.45) is 5.34. The number of hydrogen-bond donors (Lipinski definition) is 2. The van der Waals surface area contributed by atoms with Crippen LogP contribution in [0.5, 0.6) is 0 Å². The molecule has 1 spiro atoms. The lowest BCUT2D eigenvalue weighted by atomic mass is 9.83. The first kappa shape index (κ1) is 30.4. The highest BCUT2D eigenvalue weighted by Gasteiger charge is 2.44. The lowest BCUT2D eigenvalue weighted by molar-refractivity contribution is -0.147. The van der Waals surface area contributed by atoms with Crippen LogP contribution in [0.25, 0.3) is 0 Å².